The summed E-state index contributed by atoms with van der Waals surface area (Å²) in [6.45, 7) is 0.821. The lowest BCUT2D eigenvalue weighted by atomic mass is 10.0. The Kier molecular flexibility index (Phi) is 7.07. The van der Waals surface area contributed by atoms with E-state index in [1.54, 1.807) is 16.8 Å². The molecule has 0 amide bonds. The van der Waals surface area contributed by atoms with Gasteiger partial charge < -0.3 is 5.32 Å². The highest BCUT2D eigenvalue weighted by molar-refractivity contribution is 6.31. The lowest BCUT2D eigenvalue weighted by molar-refractivity contribution is 0.477. The van der Waals surface area contributed by atoms with Crippen LogP contribution in [0.2, 0.25) is 10.2 Å². The molecule has 13 heteroatoms. The predicted octanol–water partition coefficient (Wildman–Crippen LogP) is 5.31. The SMILES string of the molecule is Cn1ncc2c1-c1ccnc(c1)C(n1cnc(-c3c(-n4cc(Cl)nn4)ccc(Cl)c3F)cc1=O)CCCCCN2. The Labute approximate surface area is 238 Å². The van der Waals surface area contributed by atoms with E-state index in [0.717, 1.165) is 48.4 Å². The third kappa shape index (κ3) is 4.86. The van der Waals surface area contributed by atoms with Gasteiger partial charge in [0.15, 0.2) is 11.0 Å². The number of aromatic nitrogens is 8. The highest BCUT2D eigenvalue weighted by Gasteiger charge is 2.23. The van der Waals surface area contributed by atoms with Crippen molar-refractivity contribution in [2.75, 3.05) is 11.9 Å². The molecular formula is C27H24Cl2FN9O. The first-order valence-electron chi connectivity index (χ1n) is 12.8. The fraction of sp³-hybridized carbons (Fsp3) is 0.259. The van der Waals surface area contributed by atoms with Gasteiger partial charge in [-0.15, -0.1) is 5.10 Å². The van der Waals surface area contributed by atoms with Crippen LogP contribution in [-0.2, 0) is 7.05 Å². The summed E-state index contributed by atoms with van der Waals surface area (Å²) in [5.74, 6) is -0.726. The van der Waals surface area contributed by atoms with Crippen LogP contribution in [-0.4, -0.2) is 45.9 Å². The Morgan fingerprint density at radius 1 is 1.10 bits per heavy atom. The molecular weight excluding hydrogens is 556 g/mol. The number of rotatable bonds is 3. The van der Waals surface area contributed by atoms with Crippen molar-refractivity contribution in [1.29, 1.82) is 0 Å². The second kappa shape index (κ2) is 10.8. The Morgan fingerprint density at radius 3 is 2.77 bits per heavy atom. The average molecular weight is 580 g/mol. The Bertz CT molecular complexity index is 1760. The van der Waals surface area contributed by atoms with Crippen molar-refractivity contribution in [3.63, 3.8) is 0 Å². The number of hydrogen-bond donors (Lipinski definition) is 1. The van der Waals surface area contributed by atoms with Crippen LogP contribution in [0.3, 0.4) is 0 Å². The maximum Gasteiger partial charge on any atom is 0.254 e. The molecule has 1 atom stereocenters. The number of fused-ring (bicyclic) bond motifs is 4. The number of anilines is 1. The molecule has 204 valence electrons. The maximum atomic E-state index is 15.4. The smallest absolute Gasteiger partial charge is 0.254 e. The second-order valence-corrected chi connectivity index (χ2v) is 10.3. The molecule has 5 aromatic rings. The van der Waals surface area contributed by atoms with E-state index >= 15 is 4.39 Å². The van der Waals surface area contributed by atoms with Gasteiger partial charge in [-0.25, -0.2) is 14.1 Å². The zero-order chi connectivity index (χ0) is 27.8. The van der Waals surface area contributed by atoms with Crippen molar-refractivity contribution in [2.24, 2.45) is 7.05 Å². The average Bonchev–Trinajstić information content (AvgIpc) is 3.54. The van der Waals surface area contributed by atoms with Gasteiger partial charge in [0.05, 0.1) is 63.8 Å². The van der Waals surface area contributed by atoms with Crippen LogP contribution in [0.1, 0.15) is 37.4 Å². The minimum atomic E-state index is -0.726. The fourth-order valence-electron chi connectivity index (χ4n) is 5.10. The Hall–Kier alpha value is -4.09. The summed E-state index contributed by atoms with van der Waals surface area (Å²) < 4.78 is 20.0. The van der Waals surface area contributed by atoms with Crippen LogP contribution < -0.4 is 10.9 Å². The van der Waals surface area contributed by atoms with Crippen LogP contribution >= 0.6 is 23.2 Å². The molecule has 5 heterocycles. The maximum absolute atomic E-state index is 15.4. The molecule has 0 fully saturated rings. The van der Waals surface area contributed by atoms with Gasteiger partial charge in [-0.1, -0.05) is 41.3 Å². The Balaban J connectivity index is 1.44. The molecule has 1 unspecified atom stereocenters. The molecule has 2 bridgehead atoms. The summed E-state index contributed by atoms with van der Waals surface area (Å²) in [7, 11) is 1.90. The molecule has 0 saturated heterocycles. The number of nitrogens with one attached hydrogen (secondary N) is 1. The van der Waals surface area contributed by atoms with Gasteiger partial charge >= 0.3 is 0 Å². The minimum Gasteiger partial charge on any atom is -0.382 e. The van der Waals surface area contributed by atoms with Crippen molar-refractivity contribution >= 4 is 28.9 Å². The summed E-state index contributed by atoms with van der Waals surface area (Å²) in [5, 5.41) is 15.6. The number of halogens is 3. The highest BCUT2D eigenvalue weighted by Crippen LogP contribution is 2.34. The molecule has 10 nitrogen and oxygen atoms in total. The van der Waals surface area contributed by atoms with Crippen LogP contribution in [0.5, 0.6) is 0 Å². The predicted molar refractivity (Wildman–Crippen MR) is 150 cm³/mol. The number of nitrogens with zero attached hydrogens (tertiary/aromatic N) is 8. The molecule has 1 N–H and O–H groups in total. The van der Waals surface area contributed by atoms with Crippen LogP contribution in [0, 0.1) is 5.82 Å². The van der Waals surface area contributed by atoms with E-state index in [4.69, 9.17) is 23.2 Å². The lowest BCUT2D eigenvalue weighted by Crippen LogP contribution is -2.26. The molecule has 0 aliphatic carbocycles. The number of aryl methyl sites for hydroxylation is 1. The summed E-state index contributed by atoms with van der Waals surface area (Å²) in [5.41, 5.74) is 3.65. The van der Waals surface area contributed by atoms with Crippen LogP contribution in [0.4, 0.5) is 10.1 Å². The molecule has 0 radical (unpaired) electrons. The Morgan fingerprint density at radius 2 is 1.98 bits per heavy atom. The van der Waals surface area contributed by atoms with E-state index in [2.05, 4.69) is 30.7 Å². The quantitative estimate of drug-likeness (QED) is 0.308. The van der Waals surface area contributed by atoms with Gasteiger partial charge in [0.25, 0.3) is 5.56 Å². The molecule has 0 spiro atoms. The van der Waals surface area contributed by atoms with Gasteiger partial charge in [0.2, 0.25) is 0 Å². The van der Waals surface area contributed by atoms with Crippen LogP contribution in [0.25, 0.3) is 28.2 Å². The summed E-state index contributed by atoms with van der Waals surface area (Å²) in [6, 6.07) is 7.83. The molecule has 1 aliphatic rings. The standard InChI is InChI=1S/C27H24Cl2FN9O/c1-37-27-16-8-10-32-18(11-16)21(5-3-2-4-9-31-20(27)13-34-37)38-15-33-19(12-24(38)40)25-22(7-6-17(28)26(25)30)39-14-23(29)35-36-39/h6-8,10-15,21,31H,2-5,9H2,1H3. The number of benzene rings is 1. The van der Waals surface area contributed by atoms with Gasteiger partial charge in [-0.3, -0.25) is 19.0 Å². The first kappa shape index (κ1) is 26.1. The summed E-state index contributed by atoms with van der Waals surface area (Å²) in [6.07, 6.45) is 9.94. The van der Waals surface area contributed by atoms with E-state index in [0.29, 0.717) is 12.1 Å². The molecule has 0 saturated carbocycles. The van der Waals surface area contributed by atoms with E-state index in [-0.39, 0.29) is 33.0 Å². The van der Waals surface area contributed by atoms with E-state index in [1.165, 1.54) is 29.3 Å². The molecule has 1 aromatic carbocycles. The van der Waals surface area contributed by atoms with Crippen molar-refractivity contribution in [3.05, 3.63) is 87.3 Å². The van der Waals surface area contributed by atoms with Gasteiger partial charge in [-0.05, 0) is 37.1 Å². The third-order valence-electron chi connectivity index (χ3n) is 7.02. The van der Waals surface area contributed by atoms with Crippen molar-refractivity contribution in [2.45, 2.75) is 31.7 Å². The number of pyridine rings is 1. The minimum absolute atomic E-state index is 0.0216. The normalized spacial score (nSPS) is 15.6. The first-order chi connectivity index (χ1) is 19.4. The lowest BCUT2D eigenvalue weighted by Gasteiger charge is -2.21. The largest absolute Gasteiger partial charge is 0.382 e. The monoisotopic (exact) mass is 579 g/mol. The zero-order valence-corrected chi connectivity index (χ0v) is 22.9. The topological polar surface area (TPSA) is 108 Å². The highest BCUT2D eigenvalue weighted by atomic mass is 35.5. The molecule has 4 aromatic heterocycles. The summed E-state index contributed by atoms with van der Waals surface area (Å²) in [4.78, 5) is 22.8. The van der Waals surface area contributed by atoms with Crippen molar-refractivity contribution < 1.29 is 4.39 Å². The first-order valence-corrected chi connectivity index (χ1v) is 13.5. The summed E-state index contributed by atoms with van der Waals surface area (Å²) >= 11 is 12.0. The van der Waals surface area contributed by atoms with Crippen molar-refractivity contribution in [3.8, 4) is 28.2 Å². The number of hydrogen-bond acceptors (Lipinski definition) is 7. The van der Waals surface area contributed by atoms with Crippen LogP contribution in [0.15, 0.2) is 60.0 Å². The van der Waals surface area contributed by atoms with E-state index < -0.39 is 5.82 Å². The third-order valence-corrected chi connectivity index (χ3v) is 7.48. The van der Waals surface area contributed by atoms with Gasteiger partial charge in [-0.2, -0.15) is 5.10 Å². The zero-order valence-electron chi connectivity index (χ0n) is 21.4. The molecule has 1 aliphatic heterocycles. The second-order valence-electron chi connectivity index (χ2n) is 9.55. The molecule has 40 heavy (non-hydrogen) atoms. The van der Waals surface area contributed by atoms with Gasteiger partial charge in [0.1, 0.15) is 0 Å². The van der Waals surface area contributed by atoms with E-state index in [9.17, 15) is 4.79 Å². The van der Waals surface area contributed by atoms with Gasteiger partial charge in [0, 0.05) is 31.4 Å². The van der Waals surface area contributed by atoms with E-state index in [1.807, 2.05) is 30.1 Å². The van der Waals surface area contributed by atoms with Crippen molar-refractivity contribution in [1.82, 2.24) is 39.3 Å². The fourth-order valence-corrected chi connectivity index (χ4v) is 5.38. The molecule has 6 rings (SSSR count).